The summed E-state index contributed by atoms with van der Waals surface area (Å²) >= 11 is 5.66. The van der Waals surface area contributed by atoms with Crippen molar-refractivity contribution in [2.24, 2.45) is 0 Å². The smallest absolute Gasteiger partial charge is 0.215 e. The summed E-state index contributed by atoms with van der Waals surface area (Å²) in [5.74, 6) is -0.211. The summed E-state index contributed by atoms with van der Waals surface area (Å²) in [5.41, 5.74) is 2.15. The predicted octanol–water partition coefficient (Wildman–Crippen LogP) is 2.20. The quantitative estimate of drug-likeness (QED) is 0.790. The summed E-state index contributed by atoms with van der Waals surface area (Å²) in [6, 6.07) is 10.5. The number of hydrogen-bond donors (Lipinski definition) is 2. The molecule has 1 aromatic carbocycles. The molecule has 1 unspecified atom stereocenters. The Labute approximate surface area is 135 Å². The molecule has 2 N–H and O–H groups in total. The van der Waals surface area contributed by atoms with Crippen molar-refractivity contribution in [2.75, 3.05) is 6.54 Å². The van der Waals surface area contributed by atoms with E-state index in [9.17, 15) is 13.5 Å². The molecule has 0 aliphatic rings. The van der Waals surface area contributed by atoms with Gasteiger partial charge in [0.1, 0.15) is 5.15 Å². The van der Waals surface area contributed by atoms with Crippen LogP contribution < -0.4 is 4.72 Å². The van der Waals surface area contributed by atoms with Crippen LogP contribution >= 0.6 is 11.6 Å². The summed E-state index contributed by atoms with van der Waals surface area (Å²) in [6.45, 7) is 1.79. The molecule has 0 spiro atoms. The molecule has 0 bridgehead atoms. The van der Waals surface area contributed by atoms with Crippen molar-refractivity contribution < 1.29 is 13.5 Å². The molecule has 22 heavy (non-hydrogen) atoms. The second-order valence-electron chi connectivity index (χ2n) is 4.97. The minimum atomic E-state index is -3.56. The van der Waals surface area contributed by atoms with E-state index in [0.29, 0.717) is 16.3 Å². The molecule has 0 saturated heterocycles. The van der Waals surface area contributed by atoms with Crippen LogP contribution in [0.4, 0.5) is 0 Å². The number of pyridine rings is 1. The Morgan fingerprint density at radius 3 is 2.64 bits per heavy atom. The normalized spacial score (nSPS) is 13.0. The number of benzene rings is 1. The van der Waals surface area contributed by atoms with Gasteiger partial charge in [-0.15, -0.1) is 0 Å². The van der Waals surface area contributed by atoms with Crippen LogP contribution in [0.15, 0.2) is 42.6 Å². The van der Waals surface area contributed by atoms with Crippen molar-refractivity contribution in [2.45, 2.75) is 18.8 Å². The average molecular weight is 341 g/mol. The van der Waals surface area contributed by atoms with Gasteiger partial charge in [0.15, 0.2) is 0 Å². The minimum Gasteiger partial charge on any atom is -0.387 e. The first-order valence-electron chi connectivity index (χ1n) is 6.69. The highest BCUT2D eigenvalue weighted by atomic mass is 35.5. The van der Waals surface area contributed by atoms with Crippen LogP contribution in [0.1, 0.15) is 22.8 Å². The molecule has 0 fully saturated rings. The van der Waals surface area contributed by atoms with E-state index in [-0.39, 0.29) is 12.3 Å². The number of nitrogens with one attached hydrogen (secondary N) is 1. The van der Waals surface area contributed by atoms with Crippen LogP contribution in [0, 0.1) is 6.92 Å². The van der Waals surface area contributed by atoms with Crippen LogP contribution in [-0.2, 0) is 15.8 Å². The van der Waals surface area contributed by atoms with E-state index in [2.05, 4.69) is 9.71 Å². The maximum absolute atomic E-state index is 12.0. The molecule has 5 nitrogen and oxygen atoms in total. The molecule has 2 rings (SSSR count). The van der Waals surface area contributed by atoms with Crippen LogP contribution in [0.5, 0.6) is 0 Å². The predicted molar refractivity (Wildman–Crippen MR) is 86.0 cm³/mol. The van der Waals surface area contributed by atoms with Crippen LogP contribution in [0.25, 0.3) is 0 Å². The molecule has 0 radical (unpaired) electrons. The van der Waals surface area contributed by atoms with Crippen LogP contribution in [0.2, 0.25) is 5.15 Å². The van der Waals surface area contributed by atoms with Crippen LogP contribution in [-0.4, -0.2) is 25.1 Å². The van der Waals surface area contributed by atoms with Gasteiger partial charge < -0.3 is 5.11 Å². The van der Waals surface area contributed by atoms with Gasteiger partial charge in [-0.1, -0.05) is 41.9 Å². The van der Waals surface area contributed by atoms with Crippen molar-refractivity contribution >= 4 is 21.6 Å². The highest BCUT2D eigenvalue weighted by molar-refractivity contribution is 7.88. The molecule has 1 heterocycles. The lowest BCUT2D eigenvalue weighted by molar-refractivity contribution is 0.181. The Bertz CT molecular complexity index is 733. The summed E-state index contributed by atoms with van der Waals surface area (Å²) in [6.07, 6.45) is 0.526. The topological polar surface area (TPSA) is 79.3 Å². The summed E-state index contributed by atoms with van der Waals surface area (Å²) < 4.78 is 26.5. The van der Waals surface area contributed by atoms with Crippen molar-refractivity contribution in [3.63, 3.8) is 0 Å². The van der Waals surface area contributed by atoms with E-state index in [0.717, 1.165) is 5.56 Å². The van der Waals surface area contributed by atoms with E-state index in [1.54, 1.807) is 18.2 Å². The first-order chi connectivity index (χ1) is 10.4. The number of sulfonamides is 1. The lowest BCUT2D eigenvalue weighted by Crippen LogP contribution is -2.29. The first kappa shape index (κ1) is 16.9. The zero-order valence-electron chi connectivity index (χ0n) is 12.0. The Balaban J connectivity index is 1.98. The first-order valence-corrected chi connectivity index (χ1v) is 8.72. The third-order valence-corrected chi connectivity index (χ3v) is 4.73. The van der Waals surface area contributed by atoms with Gasteiger partial charge in [-0.25, -0.2) is 18.1 Å². The fourth-order valence-corrected chi connectivity index (χ4v) is 3.27. The summed E-state index contributed by atoms with van der Waals surface area (Å²) in [7, 11) is -3.56. The second-order valence-corrected chi connectivity index (χ2v) is 7.16. The summed E-state index contributed by atoms with van der Waals surface area (Å²) in [5, 5.41) is 10.4. The van der Waals surface area contributed by atoms with Gasteiger partial charge in [-0.05, 0) is 29.7 Å². The van der Waals surface area contributed by atoms with Crippen LogP contribution in [0.3, 0.4) is 0 Å². The fourth-order valence-electron chi connectivity index (χ4n) is 2.04. The van der Waals surface area contributed by atoms with E-state index in [1.807, 2.05) is 19.1 Å². The molecule has 0 saturated carbocycles. The number of nitrogens with zero attached hydrogens (tertiary/aromatic N) is 1. The van der Waals surface area contributed by atoms with Crippen molar-refractivity contribution in [1.29, 1.82) is 0 Å². The fraction of sp³-hybridized carbons (Fsp3) is 0.267. The Hall–Kier alpha value is -1.47. The third-order valence-electron chi connectivity index (χ3n) is 3.19. The molecule has 1 aromatic heterocycles. The van der Waals surface area contributed by atoms with Gasteiger partial charge in [0, 0.05) is 12.7 Å². The molecule has 2 aromatic rings. The highest BCUT2D eigenvalue weighted by Crippen LogP contribution is 2.17. The van der Waals surface area contributed by atoms with Gasteiger partial charge in [0.2, 0.25) is 10.0 Å². The molecule has 1 atom stereocenters. The molecular formula is C15H17ClN2O3S. The van der Waals surface area contributed by atoms with E-state index < -0.39 is 16.1 Å². The second kappa shape index (κ2) is 7.19. The largest absolute Gasteiger partial charge is 0.387 e. The van der Waals surface area contributed by atoms with Gasteiger partial charge in [0.05, 0.1) is 11.9 Å². The number of aromatic nitrogens is 1. The maximum atomic E-state index is 12.0. The molecule has 118 valence electrons. The van der Waals surface area contributed by atoms with Gasteiger partial charge in [0.25, 0.3) is 0 Å². The van der Waals surface area contributed by atoms with Gasteiger partial charge >= 0.3 is 0 Å². The zero-order valence-corrected chi connectivity index (χ0v) is 13.6. The molecule has 0 amide bonds. The highest BCUT2D eigenvalue weighted by Gasteiger charge is 2.16. The lowest BCUT2D eigenvalue weighted by Gasteiger charge is -2.14. The van der Waals surface area contributed by atoms with Crippen molar-refractivity contribution in [1.82, 2.24) is 9.71 Å². The van der Waals surface area contributed by atoms with E-state index in [4.69, 9.17) is 11.6 Å². The number of aliphatic hydroxyl groups is 1. The third kappa shape index (κ3) is 4.78. The van der Waals surface area contributed by atoms with Gasteiger partial charge in [-0.2, -0.15) is 0 Å². The minimum absolute atomic E-state index is 0.0752. The Kier molecular flexibility index (Phi) is 5.52. The Morgan fingerprint density at radius 1 is 1.27 bits per heavy atom. The van der Waals surface area contributed by atoms with Crippen molar-refractivity contribution in [3.05, 3.63) is 64.4 Å². The number of aliphatic hydroxyl groups excluding tert-OH is 1. The molecule has 0 aliphatic heterocycles. The lowest BCUT2D eigenvalue weighted by atomic mass is 10.0. The maximum Gasteiger partial charge on any atom is 0.215 e. The monoisotopic (exact) mass is 340 g/mol. The zero-order chi connectivity index (χ0) is 16.2. The molecule has 0 aliphatic carbocycles. The number of rotatable bonds is 6. The number of halogens is 1. The Morgan fingerprint density at radius 2 is 2.00 bits per heavy atom. The van der Waals surface area contributed by atoms with Crippen molar-refractivity contribution in [3.8, 4) is 0 Å². The number of hydrogen-bond acceptors (Lipinski definition) is 4. The van der Waals surface area contributed by atoms with Gasteiger partial charge in [-0.3, -0.25) is 0 Å². The number of aryl methyl sites for hydroxylation is 1. The standard InChI is InChI=1S/C15H17ClN2O3S/c1-11-4-2-3-5-13(11)14(19)9-18-22(20,21)10-12-6-7-15(16)17-8-12/h2-8,14,18-19H,9-10H2,1H3. The van der Waals surface area contributed by atoms with E-state index >= 15 is 0 Å². The average Bonchev–Trinajstić information content (AvgIpc) is 2.48. The molecular weight excluding hydrogens is 324 g/mol. The molecule has 7 heteroatoms. The summed E-state index contributed by atoms with van der Waals surface area (Å²) in [4.78, 5) is 3.84. The van der Waals surface area contributed by atoms with E-state index in [1.165, 1.54) is 12.3 Å². The SMILES string of the molecule is Cc1ccccc1C(O)CNS(=O)(=O)Cc1ccc(Cl)nc1.